The summed E-state index contributed by atoms with van der Waals surface area (Å²) >= 11 is 0. The number of fused-ring (bicyclic) bond motifs is 5. The molecule has 31 heavy (non-hydrogen) atoms. The molecule has 162 valence electrons. The number of nitrogens with zero attached hydrogens (tertiary/aromatic N) is 2. The van der Waals surface area contributed by atoms with Gasteiger partial charge in [-0.1, -0.05) is 18.2 Å². The van der Waals surface area contributed by atoms with Gasteiger partial charge in [-0.2, -0.15) is 10.1 Å². The van der Waals surface area contributed by atoms with Gasteiger partial charge in [0.15, 0.2) is 18.1 Å². The molecule has 1 heterocycles. The number of carboxylic acids is 1. The minimum Gasteiger partial charge on any atom is -0.490 e. The SMILES string of the molecule is C=CCc1cc(C=NN2C(=O)C3C4C=CC(C4)C3C2=O)cc(OCC)c1OCC(=O)O. The van der Waals surface area contributed by atoms with Gasteiger partial charge in [-0.15, -0.1) is 6.58 Å². The zero-order valence-corrected chi connectivity index (χ0v) is 17.2. The van der Waals surface area contributed by atoms with Crippen LogP contribution in [0, 0.1) is 23.7 Å². The third-order valence-electron chi connectivity index (χ3n) is 5.93. The van der Waals surface area contributed by atoms with Gasteiger partial charge in [-0.05, 0) is 49.3 Å². The number of hydrogen-bond donors (Lipinski definition) is 1. The first-order valence-corrected chi connectivity index (χ1v) is 10.3. The first-order valence-electron chi connectivity index (χ1n) is 10.3. The van der Waals surface area contributed by atoms with Crippen molar-refractivity contribution in [2.24, 2.45) is 28.8 Å². The molecule has 0 aromatic heterocycles. The molecule has 1 aromatic carbocycles. The number of carbonyl (C=O) groups is 3. The number of benzene rings is 1. The maximum Gasteiger partial charge on any atom is 0.341 e. The van der Waals surface area contributed by atoms with E-state index < -0.39 is 12.6 Å². The molecule has 4 rings (SSSR count). The van der Waals surface area contributed by atoms with E-state index in [-0.39, 0.29) is 35.5 Å². The number of aliphatic carboxylic acids is 1. The van der Waals surface area contributed by atoms with E-state index in [1.165, 1.54) is 6.21 Å². The molecule has 1 aromatic rings. The third kappa shape index (κ3) is 3.73. The fraction of sp³-hybridized carbons (Fsp3) is 0.391. The van der Waals surface area contributed by atoms with Crippen molar-refractivity contribution in [1.82, 2.24) is 5.01 Å². The zero-order chi connectivity index (χ0) is 22.1. The quantitative estimate of drug-likeness (QED) is 0.371. The van der Waals surface area contributed by atoms with Crippen molar-refractivity contribution in [2.75, 3.05) is 13.2 Å². The fourth-order valence-electron chi connectivity index (χ4n) is 4.75. The smallest absolute Gasteiger partial charge is 0.341 e. The second-order valence-corrected chi connectivity index (χ2v) is 7.85. The lowest BCUT2D eigenvalue weighted by Gasteiger charge is -2.16. The minimum atomic E-state index is -1.10. The van der Waals surface area contributed by atoms with Crippen molar-refractivity contribution in [1.29, 1.82) is 0 Å². The minimum absolute atomic E-state index is 0.126. The highest BCUT2D eigenvalue weighted by Crippen LogP contribution is 2.52. The lowest BCUT2D eigenvalue weighted by Crippen LogP contribution is -2.28. The molecule has 2 fully saturated rings. The molecule has 1 saturated carbocycles. The molecule has 0 spiro atoms. The number of imide groups is 1. The van der Waals surface area contributed by atoms with Gasteiger partial charge >= 0.3 is 5.97 Å². The van der Waals surface area contributed by atoms with Crippen LogP contribution in [0.3, 0.4) is 0 Å². The van der Waals surface area contributed by atoms with E-state index in [0.29, 0.717) is 35.7 Å². The molecule has 4 unspecified atom stereocenters. The molecule has 0 radical (unpaired) electrons. The molecule has 8 nitrogen and oxygen atoms in total. The predicted molar refractivity (Wildman–Crippen MR) is 112 cm³/mol. The van der Waals surface area contributed by atoms with Gasteiger partial charge in [0.25, 0.3) is 11.8 Å². The van der Waals surface area contributed by atoms with Gasteiger partial charge in [-0.25, -0.2) is 4.79 Å². The van der Waals surface area contributed by atoms with Crippen molar-refractivity contribution in [2.45, 2.75) is 19.8 Å². The number of rotatable bonds is 9. The molecule has 2 aliphatic carbocycles. The lowest BCUT2D eigenvalue weighted by molar-refractivity contribution is -0.141. The van der Waals surface area contributed by atoms with E-state index in [4.69, 9.17) is 14.6 Å². The maximum atomic E-state index is 12.8. The number of hydrogen-bond acceptors (Lipinski definition) is 6. The summed E-state index contributed by atoms with van der Waals surface area (Å²) in [4.78, 5) is 36.5. The van der Waals surface area contributed by atoms with Crippen molar-refractivity contribution >= 4 is 24.0 Å². The topological polar surface area (TPSA) is 106 Å². The number of carboxylic acid groups (broad SMARTS) is 1. The Morgan fingerprint density at radius 3 is 2.48 bits per heavy atom. The van der Waals surface area contributed by atoms with E-state index in [1.54, 1.807) is 25.1 Å². The van der Waals surface area contributed by atoms with Crippen LogP contribution >= 0.6 is 0 Å². The van der Waals surface area contributed by atoms with Gasteiger partial charge in [0.05, 0.1) is 24.7 Å². The molecule has 2 amide bonds. The first kappa shape index (κ1) is 20.8. The summed E-state index contributed by atoms with van der Waals surface area (Å²) in [5.41, 5.74) is 1.27. The molecule has 1 N–H and O–H groups in total. The van der Waals surface area contributed by atoms with Crippen LogP contribution in [0.15, 0.2) is 42.0 Å². The molecule has 2 bridgehead atoms. The highest BCUT2D eigenvalue weighted by molar-refractivity contribution is 6.06. The van der Waals surface area contributed by atoms with Crippen LogP contribution in [0.25, 0.3) is 0 Å². The molecule has 1 aliphatic heterocycles. The first-order chi connectivity index (χ1) is 14.9. The molecular weight excluding hydrogens is 400 g/mol. The summed E-state index contributed by atoms with van der Waals surface area (Å²) in [6.07, 6.45) is 8.47. The van der Waals surface area contributed by atoms with Crippen LogP contribution in [-0.4, -0.2) is 47.3 Å². The Kier molecular flexibility index (Phi) is 5.63. The van der Waals surface area contributed by atoms with E-state index in [1.807, 2.05) is 12.2 Å². The number of amides is 2. The summed E-state index contributed by atoms with van der Waals surface area (Å²) in [7, 11) is 0. The van der Waals surface area contributed by atoms with E-state index in [9.17, 15) is 14.4 Å². The number of carbonyl (C=O) groups excluding carboxylic acids is 2. The average Bonchev–Trinajstić information content (AvgIpc) is 3.40. The van der Waals surface area contributed by atoms with Gasteiger partial charge in [0.2, 0.25) is 0 Å². The average molecular weight is 424 g/mol. The van der Waals surface area contributed by atoms with Gasteiger partial charge in [0, 0.05) is 5.56 Å². The highest BCUT2D eigenvalue weighted by Gasteiger charge is 2.59. The number of hydrazone groups is 1. The van der Waals surface area contributed by atoms with E-state index in [2.05, 4.69) is 11.7 Å². The molecule has 8 heteroatoms. The monoisotopic (exact) mass is 424 g/mol. The van der Waals surface area contributed by atoms with Crippen LogP contribution in [-0.2, 0) is 20.8 Å². The van der Waals surface area contributed by atoms with E-state index in [0.717, 1.165) is 11.4 Å². The summed E-state index contributed by atoms with van der Waals surface area (Å²) in [5.74, 6) is -1.26. The Bertz CT molecular complexity index is 968. The van der Waals surface area contributed by atoms with Gasteiger partial charge < -0.3 is 14.6 Å². The maximum absolute atomic E-state index is 12.8. The lowest BCUT2D eigenvalue weighted by atomic mass is 9.85. The fourth-order valence-corrected chi connectivity index (χ4v) is 4.75. The number of allylic oxidation sites excluding steroid dienone is 3. The molecular formula is C23H24N2O6. The van der Waals surface area contributed by atoms with Crippen LogP contribution in [0.2, 0.25) is 0 Å². The normalized spacial score (nSPS) is 26.0. The van der Waals surface area contributed by atoms with Crippen molar-refractivity contribution in [3.05, 3.63) is 48.1 Å². The van der Waals surface area contributed by atoms with Crippen LogP contribution in [0.1, 0.15) is 24.5 Å². The summed E-state index contributed by atoms with van der Waals surface area (Å²) in [5, 5.41) is 14.2. The third-order valence-corrected chi connectivity index (χ3v) is 5.93. The Morgan fingerprint density at radius 2 is 1.90 bits per heavy atom. The molecule has 1 saturated heterocycles. The van der Waals surface area contributed by atoms with Gasteiger partial charge in [0.1, 0.15) is 0 Å². The van der Waals surface area contributed by atoms with Crippen LogP contribution < -0.4 is 9.47 Å². The van der Waals surface area contributed by atoms with Crippen molar-refractivity contribution < 1.29 is 29.0 Å². The van der Waals surface area contributed by atoms with Crippen molar-refractivity contribution in [3.8, 4) is 11.5 Å². The zero-order valence-electron chi connectivity index (χ0n) is 17.2. The second-order valence-electron chi connectivity index (χ2n) is 7.85. The molecule has 4 atom stereocenters. The molecule has 3 aliphatic rings. The highest BCUT2D eigenvalue weighted by atomic mass is 16.5. The Morgan fingerprint density at radius 1 is 1.23 bits per heavy atom. The summed E-state index contributed by atoms with van der Waals surface area (Å²) in [6, 6.07) is 3.40. The summed E-state index contributed by atoms with van der Waals surface area (Å²) < 4.78 is 11.1. The Labute approximate surface area is 179 Å². The van der Waals surface area contributed by atoms with Crippen LogP contribution in [0.5, 0.6) is 11.5 Å². The standard InChI is InChI=1S/C23H24N2O6/c1-3-5-16-8-13(9-17(30-4-2)21(16)31-12-18(26)27)11-24-25-22(28)19-14-6-7-15(10-14)20(19)23(25)29/h3,6-9,11,14-15,19-20H,1,4-5,10,12H2,2H3,(H,26,27). The number of ether oxygens (including phenoxy) is 2. The van der Waals surface area contributed by atoms with Gasteiger partial charge in [-0.3, -0.25) is 9.59 Å². The predicted octanol–water partition coefficient (Wildman–Crippen LogP) is 2.42. The Balaban J connectivity index is 1.61. The van der Waals surface area contributed by atoms with Crippen LogP contribution in [0.4, 0.5) is 0 Å². The largest absolute Gasteiger partial charge is 0.490 e. The summed E-state index contributed by atoms with van der Waals surface area (Å²) in [6.45, 7) is 5.37. The second kappa shape index (κ2) is 8.37. The van der Waals surface area contributed by atoms with Crippen molar-refractivity contribution in [3.63, 3.8) is 0 Å². The Hall–Kier alpha value is -3.42. The van der Waals surface area contributed by atoms with E-state index >= 15 is 0 Å².